The van der Waals surface area contributed by atoms with E-state index in [0.29, 0.717) is 10.8 Å². The number of benzene rings is 1. The summed E-state index contributed by atoms with van der Waals surface area (Å²) in [7, 11) is 0. The molecule has 0 saturated carbocycles. The number of rotatable bonds is 6. The molecule has 0 N–H and O–H groups in total. The summed E-state index contributed by atoms with van der Waals surface area (Å²) in [5, 5.41) is 20.8. The Hall–Kier alpha value is -2.72. The van der Waals surface area contributed by atoms with Crippen molar-refractivity contribution in [2.24, 2.45) is 0 Å². The van der Waals surface area contributed by atoms with Crippen LogP contribution in [0.15, 0.2) is 45.0 Å². The number of esters is 1. The monoisotopic (exact) mass is 391 g/mol. The second kappa shape index (κ2) is 7.67. The van der Waals surface area contributed by atoms with E-state index in [9.17, 15) is 14.9 Å². The largest absolute Gasteiger partial charge is 0.449 e. The first-order chi connectivity index (χ1) is 12.5. The predicted octanol–water partition coefficient (Wildman–Crippen LogP) is 4.35. The normalized spacial score (nSPS) is 11.9. The molecule has 2 heterocycles. The van der Waals surface area contributed by atoms with Gasteiger partial charge in [-0.2, -0.15) is 0 Å². The molecule has 8 nitrogen and oxygen atoms in total. The van der Waals surface area contributed by atoms with Gasteiger partial charge >= 0.3 is 5.97 Å². The van der Waals surface area contributed by atoms with E-state index in [1.54, 1.807) is 13.2 Å². The molecule has 134 valence electrons. The number of nitro groups is 1. The van der Waals surface area contributed by atoms with Crippen LogP contribution in [0.5, 0.6) is 0 Å². The molecule has 1 aromatic carbocycles. The molecule has 0 saturated heterocycles. The summed E-state index contributed by atoms with van der Waals surface area (Å²) in [6.07, 6.45) is 0.936. The third kappa shape index (κ3) is 3.75. The molecule has 0 amide bonds. The zero-order valence-corrected chi connectivity index (χ0v) is 15.4. The van der Waals surface area contributed by atoms with Crippen LogP contribution in [0.3, 0.4) is 0 Å². The Bertz CT molecular complexity index is 939. The average Bonchev–Trinajstić information content (AvgIpc) is 3.32. The Balaban J connectivity index is 1.75. The number of ether oxygens (including phenoxy) is 1. The molecule has 0 spiro atoms. The number of thioether (sulfide) groups is 1. The minimum atomic E-state index is -0.789. The van der Waals surface area contributed by atoms with Crippen LogP contribution in [-0.2, 0) is 4.74 Å². The van der Waals surface area contributed by atoms with Crippen LogP contribution in [0.1, 0.15) is 29.3 Å². The van der Waals surface area contributed by atoms with Crippen LogP contribution in [0, 0.1) is 10.1 Å². The Morgan fingerprint density at radius 3 is 2.85 bits per heavy atom. The summed E-state index contributed by atoms with van der Waals surface area (Å²) < 4.78 is 10.8. The SMILES string of the molecule is CSc1ccc(C(=O)O[C@H](C)c2nnc(-c3cccs3)o2)cc1[N+](=O)[O-]. The van der Waals surface area contributed by atoms with Crippen LogP contribution >= 0.6 is 23.1 Å². The van der Waals surface area contributed by atoms with Gasteiger partial charge in [-0.1, -0.05) is 6.07 Å². The second-order valence-corrected chi connectivity index (χ2v) is 6.91. The highest BCUT2D eigenvalue weighted by atomic mass is 32.2. The van der Waals surface area contributed by atoms with Crippen molar-refractivity contribution in [1.29, 1.82) is 0 Å². The molecule has 2 aromatic heterocycles. The van der Waals surface area contributed by atoms with Crippen LogP contribution in [0.25, 0.3) is 10.8 Å². The molecule has 0 aliphatic carbocycles. The highest BCUT2D eigenvalue weighted by Gasteiger charge is 2.22. The van der Waals surface area contributed by atoms with Gasteiger partial charge in [-0.15, -0.1) is 33.3 Å². The van der Waals surface area contributed by atoms with E-state index in [1.165, 1.54) is 41.3 Å². The average molecular weight is 391 g/mol. The topological polar surface area (TPSA) is 108 Å². The van der Waals surface area contributed by atoms with Crippen molar-refractivity contribution in [3.8, 4) is 10.8 Å². The van der Waals surface area contributed by atoms with E-state index in [0.717, 1.165) is 4.88 Å². The Morgan fingerprint density at radius 1 is 1.38 bits per heavy atom. The van der Waals surface area contributed by atoms with Crippen LogP contribution in [0.2, 0.25) is 0 Å². The molecule has 3 aromatic rings. The summed E-state index contributed by atoms with van der Waals surface area (Å²) >= 11 is 2.68. The van der Waals surface area contributed by atoms with Crippen molar-refractivity contribution in [2.75, 3.05) is 6.26 Å². The quantitative estimate of drug-likeness (QED) is 0.264. The fourth-order valence-electron chi connectivity index (χ4n) is 2.14. The minimum absolute atomic E-state index is 0.0827. The molecular weight excluding hydrogens is 378 g/mol. The Morgan fingerprint density at radius 2 is 2.19 bits per heavy atom. The smallest absolute Gasteiger partial charge is 0.339 e. The van der Waals surface area contributed by atoms with Crippen LogP contribution < -0.4 is 0 Å². The van der Waals surface area contributed by atoms with Gasteiger partial charge in [0.25, 0.3) is 17.5 Å². The number of thiophene rings is 1. The van der Waals surface area contributed by atoms with Gasteiger partial charge < -0.3 is 9.15 Å². The summed E-state index contributed by atoms with van der Waals surface area (Å²) in [6, 6.07) is 7.90. The van der Waals surface area contributed by atoms with Gasteiger partial charge in [0, 0.05) is 6.07 Å². The van der Waals surface area contributed by atoms with E-state index < -0.39 is 17.0 Å². The number of carbonyl (C=O) groups is 1. The van der Waals surface area contributed by atoms with E-state index in [-0.39, 0.29) is 17.1 Å². The molecule has 0 unspecified atom stereocenters. The van der Waals surface area contributed by atoms with E-state index in [1.807, 2.05) is 17.5 Å². The number of nitro benzene ring substituents is 1. The number of aromatic nitrogens is 2. The third-order valence-corrected chi connectivity index (χ3v) is 5.06. The van der Waals surface area contributed by atoms with Crippen molar-refractivity contribution < 1.29 is 18.9 Å². The lowest BCUT2D eigenvalue weighted by atomic mass is 10.2. The minimum Gasteiger partial charge on any atom is -0.449 e. The van der Waals surface area contributed by atoms with E-state index in [4.69, 9.17) is 9.15 Å². The van der Waals surface area contributed by atoms with Crippen molar-refractivity contribution >= 4 is 34.8 Å². The second-order valence-electron chi connectivity index (χ2n) is 5.11. The van der Waals surface area contributed by atoms with Crippen molar-refractivity contribution in [2.45, 2.75) is 17.9 Å². The molecule has 0 bridgehead atoms. The molecule has 1 atom stereocenters. The van der Waals surface area contributed by atoms with E-state index >= 15 is 0 Å². The summed E-state index contributed by atoms with van der Waals surface area (Å²) in [5.74, 6) is -0.209. The zero-order chi connectivity index (χ0) is 18.7. The van der Waals surface area contributed by atoms with Crippen molar-refractivity contribution in [3.05, 3.63) is 57.3 Å². The lowest BCUT2D eigenvalue weighted by molar-refractivity contribution is -0.387. The lowest BCUT2D eigenvalue weighted by Gasteiger charge is -2.09. The molecule has 0 aliphatic heterocycles. The lowest BCUT2D eigenvalue weighted by Crippen LogP contribution is -2.10. The first-order valence-corrected chi connectivity index (χ1v) is 9.50. The highest BCUT2D eigenvalue weighted by molar-refractivity contribution is 7.98. The fourth-order valence-corrected chi connectivity index (χ4v) is 3.33. The van der Waals surface area contributed by atoms with Gasteiger partial charge in [-0.05, 0) is 36.8 Å². The maximum atomic E-state index is 12.3. The van der Waals surface area contributed by atoms with Gasteiger partial charge in [0.15, 0.2) is 6.10 Å². The van der Waals surface area contributed by atoms with Gasteiger partial charge in [0.2, 0.25) is 0 Å². The number of hydrogen-bond donors (Lipinski definition) is 0. The van der Waals surface area contributed by atoms with Gasteiger partial charge in [-0.25, -0.2) is 4.79 Å². The standard InChI is InChI=1S/C16H13N3O5S2/c1-9(14-17-18-15(24-14)13-4-3-7-26-13)23-16(20)10-5-6-12(25-2)11(8-10)19(21)22/h3-9H,1-2H3/t9-/m1/s1. The molecular formula is C16H13N3O5S2. The first kappa shape index (κ1) is 18.1. The fraction of sp³-hybridized carbons (Fsp3) is 0.188. The number of carbonyl (C=O) groups excluding carboxylic acids is 1. The van der Waals surface area contributed by atoms with Crippen LogP contribution in [0.4, 0.5) is 5.69 Å². The maximum Gasteiger partial charge on any atom is 0.339 e. The molecule has 0 fully saturated rings. The van der Waals surface area contributed by atoms with Gasteiger partial charge in [0.1, 0.15) is 0 Å². The number of nitrogens with zero attached hydrogens (tertiary/aromatic N) is 3. The molecule has 0 aliphatic rings. The third-order valence-electron chi connectivity index (χ3n) is 3.42. The Kier molecular flexibility index (Phi) is 5.33. The predicted molar refractivity (Wildman–Crippen MR) is 96.3 cm³/mol. The molecule has 26 heavy (non-hydrogen) atoms. The number of hydrogen-bond acceptors (Lipinski definition) is 9. The molecule has 0 radical (unpaired) electrons. The summed E-state index contributed by atoms with van der Waals surface area (Å²) in [4.78, 5) is 24.2. The van der Waals surface area contributed by atoms with Crippen molar-refractivity contribution in [3.63, 3.8) is 0 Å². The Labute approximate surface area is 156 Å². The first-order valence-electron chi connectivity index (χ1n) is 7.40. The zero-order valence-electron chi connectivity index (χ0n) is 13.7. The molecule has 3 rings (SSSR count). The summed E-state index contributed by atoms with van der Waals surface area (Å²) in [6.45, 7) is 1.59. The van der Waals surface area contributed by atoms with Gasteiger partial charge in [0.05, 0.1) is 20.3 Å². The highest BCUT2D eigenvalue weighted by Crippen LogP contribution is 2.30. The molecule has 10 heteroatoms. The summed E-state index contributed by atoms with van der Waals surface area (Å²) in [5.41, 5.74) is -0.0586. The van der Waals surface area contributed by atoms with Crippen LogP contribution in [-0.4, -0.2) is 27.3 Å². The maximum absolute atomic E-state index is 12.3. The van der Waals surface area contributed by atoms with E-state index in [2.05, 4.69) is 10.2 Å². The van der Waals surface area contributed by atoms with Gasteiger partial charge in [-0.3, -0.25) is 10.1 Å². The van der Waals surface area contributed by atoms with Crippen molar-refractivity contribution in [1.82, 2.24) is 10.2 Å².